The number of pyridine rings is 1. The van der Waals surface area contributed by atoms with Crippen molar-refractivity contribution in [2.45, 2.75) is 6.42 Å². The molecule has 3 aromatic heterocycles. The van der Waals surface area contributed by atoms with E-state index in [1.807, 2.05) is 12.1 Å². The van der Waals surface area contributed by atoms with E-state index in [0.29, 0.717) is 42.2 Å². The molecule has 0 atom stereocenters. The van der Waals surface area contributed by atoms with Gasteiger partial charge in [-0.1, -0.05) is 6.08 Å². The van der Waals surface area contributed by atoms with Gasteiger partial charge in [-0.25, -0.2) is 14.8 Å². The third kappa shape index (κ3) is 4.29. The first-order valence-electron chi connectivity index (χ1n) is 10.8. The van der Waals surface area contributed by atoms with Crippen LogP contribution in [0.4, 0.5) is 27.7 Å². The number of aromatic amines is 1. The molecular weight excluding hydrogens is 430 g/mol. The van der Waals surface area contributed by atoms with Crippen molar-refractivity contribution in [1.82, 2.24) is 24.8 Å². The van der Waals surface area contributed by atoms with Crippen LogP contribution in [0.5, 0.6) is 0 Å². The average Bonchev–Trinajstić information content (AvgIpc) is 3.31. The minimum absolute atomic E-state index is 0.136. The Kier molecular flexibility index (Phi) is 5.61. The van der Waals surface area contributed by atoms with Crippen molar-refractivity contribution < 1.29 is 4.79 Å². The normalized spacial score (nSPS) is 13.4. The van der Waals surface area contributed by atoms with E-state index in [0.717, 1.165) is 28.0 Å². The highest BCUT2D eigenvalue weighted by Crippen LogP contribution is 2.29. The molecule has 0 radical (unpaired) electrons. The molecule has 1 aliphatic rings. The Balaban J connectivity index is 1.33. The van der Waals surface area contributed by atoms with Gasteiger partial charge in [0.2, 0.25) is 0 Å². The van der Waals surface area contributed by atoms with Crippen molar-refractivity contribution in [2.24, 2.45) is 0 Å². The first-order chi connectivity index (χ1) is 16.6. The van der Waals surface area contributed by atoms with Crippen LogP contribution < -0.4 is 16.4 Å². The van der Waals surface area contributed by atoms with Crippen molar-refractivity contribution in [1.29, 1.82) is 5.41 Å². The number of nitrogens with one attached hydrogen (secondary N) is 4. The smallest absolute Gasteiger partial charge is 0.322 e. The van der Waals surface area contributed by atoms with Crippen LogP contribution in [0.2, 0.25) is 0 Å². The van der Waals surface area contributed by atoms with E-state index in [1.54, 1.807) is 41.6 Å². The fourth-order valence-corrected chi connectivity index (χ4v) is 3.86. The van der Waals surface area contributed by atoms with Gasteiger partial charge in [-0.15, -0.1) is 0 Å². The number of hydrogen-bond donors (Lipinski definition) is 5. The minimum Gasteiger partial charge on any atom is -0.398 e. The first kappa shape index (κ1) is 21.1. The maximum Gasteiger partial charge on any atom is 0.322 e. The first-order valence-corrected chi connectivity index (χ1v) is 10.8. The lowest BCUT2D eigenvalue weighted by Gasteiger charge is -2.26. The minimum atomic E-state index is -0.136. The number of hydrogen-bond acceptors (Lipinski definition) is 7. The number of anilines is 4. The second kappa shape index (κ2) is 9.02. The van der Waals surface area contributed by atoms with E-state index in [9.17, 15) is 4.79 Å². The Hall–Kier alpha value is -4.73. The van der Waals surface area contributed by atoms with Gasteiger partial charge in [-0.2, -0.15) is 0 Å². The summed E-state index contributed by atoms with van der Waals surface area (Å²) in [6.45, 7) is 1.11. The molecule has 0 fully saturated rings. The molecule has 0 aliphatic carbocycles. The number of aromatic nitrogens is 4. The van der Waals surface area contributed by atoms with Gasteiger partial charge in [0.25, 0.3) is 0 Å². The summed E-state index contributed by atoms with van der Waals surface area (Å²) < 4.78 is 0. The molecule has 2 amide bonds. The number of H-pyrrole nitrogens is 1. The number of nitrogen functional groups attached to an aromatic ring is 1. The van der Waals surface area contributed by atoms with E-state index >= 15 is 0 Å². The molecule has 0 saturated carbocycles. The quantitative estimate of drug-likeness (QED) is 0.228. The number of nitrogens with two attached hydrogens (primary N) is 1. The molecular formula is C24H23N9O. The Bertz CT molecular complexity index is 1390. The molecule has 0 unspecified atom stereocenters. The summed E-state index contributed by atoms with van der Waals surface area (Å²) in [5.41, 5.74) is 11.4. The third-order valence-corrected chi connectivity index (χ3v) is 5.70. The summed E-state index contributed by atoms with van der Waals surface area (Å²) in [6.07, 6.45) is 8.78. The van der Waals surface area contributed by atoms with E-state index < -0.39 is 0 Å². The average molecular weight is 454 g/mol. The number of amides is 2. The van der Waals surface area contributed by atoms with Crippen molar-refractivity contribution in [2.75, 3.05) is 29.5 Å². The molecule has 1 aliphatic heterocycles. The molecule has 0 bridgehead atoms. The van der Waals surface area contributed by atoms with Crippen LogP contribution in [-0.4, -0.2) is 50.2 Å². The number of rotatable bonds is 5. The Morgan fingerprint density at radius 1 is 1.15 bits per heavy atom. The van der Waals surface area contributed by atoms with Crippen molar-refractivity contribution >= 4 is 51.7 Å². The second-order valence-corrected chi connectivity index (χ2v) is 7.87. The molecule has 0 saturated heterocycles. The highest BCUT2D eigenvalue weighted by Gasteiger charge is 2.20. The highest BCUT2D eigenvalue weighted by atomic mass is 16.2. The number of carbonyl (C=O) groups is 1. The molecule has 1 aromatic carbocycles. The van der Waals surface area contributed by atoms with Gasteiger partial charge in [0.15, 0.2) is 0 Å². The molecule has 5 rings (SSSR count). The van der Waals surface area contributed by atoms with Gasteiger partial charge in [0.05, 0.1) is 5.39 Å². The van der Waals surface area contributed by atoms with Crippen LogP contribution in [0.3, 0.4) is 0 Å². The maximum absolute atomic E-state index is 12.5. The predicted molar refractivity (Wildman–Crippen MR) is 133 cm³/mol. The summed E-state index contributed by atoms with van der Waals surface area (Å²) in [6, 6.07) is 10.8. The monoisotopic (exact) mass is 453 g/mol. The SMILES string of the molecule is N=Cc1cc(Nc2ncnc3[nH]c(C4=CCN(C(=O)Nc5ccncc5)CC4)cc23)ccc1N. The van der Waals surface area contributed by atoms with E-state index in [2.05, 4.69) is 36.6 Å². The topological polar surface area (TPSA) is 149 Å². The Morgan fingerprint density at radius 3 is 2.76 bits per heavy atom. The zero-order valence-electron chi connectivity index (χ0n) is 18.2. The largest absolute Gasteiger partial charge is 0.398 e. The molecule has 34 heavy (non-hydrogen) atoms. The molecule has 10 nitrogen and oxygen atoms in total. The fraction of sp³-hybridized carbons (Fsp3) is 0.125. The summed E-state index contributed by atoms with van der Waals surface area (Å²) >= 11 is 0. The molecule has 4 aromatic rings. The number of urea groups is 1. The lowest BCUT2D eigenvalue weighted by atomic mass is 10.1. The van der Waals surface area contributed by atoms with Gasteiger partial charge in [-0.05, 0) is 48.4 Å². The van der Waals surface area contributed by atoms with Crippen molar-refractivity contribution in [3.05, 3.63) is 72.5 Å². The zero-order valence-corrected chi connectivity index (χ0v) is 18.2. The standard InChI is InChI=1S/C24H23N9O/c25-13-16-11-18(1-2-20(16)26)30-22-19-12-21(32-23(19)29-14-28-22)15-5-9-33(10-6-15)24(34)31-17-3-7-27-8-4-17/h1-5,7-8,11-14,25H,6,9-10,26H2,(H,27,31,34)(H2,28,29,30,32). The molecule has 0 spiro atoms. The highest BCUT2D eigenvalue weighted by molar-refractivity contribution is 5.94. The van der Waals surface area contributed by atoms with Crippen LogP contribution in [-0.2, 0) is 0 Å². The predicted octanol–water partition coefficient (Wildman–Crippen LogP) is 4.00. The number of fused-ring (bicyclic) bond motifs is 1. The Morgan fingerprint density at radius 2 is 2.00 bits per heavy atom. The molecule has 6 N–H and O–H groups in total. The lowest BCUT2D eigenvalue weighted by Crippen LogP contribution is -2.37. The van der Waals surface area contributed by atoms with E-state index in [-0.39, 0.29) is 6.03 Å². The van der Waals surface area contributed by atoms with E-state index in [4.69, 9.17) is 11.1 Å². The Labute approximate surface area is 195 Å². The molecule has 10 heteroatoms. The van der Waals surface area contributed by atoms with Crippen LogP contribution in [0.25, 0.3) is 16.6 Å². The van der Waals surface area contributed by atoms with Crippen LogP contribution in [0.15, 0.2) is 61.2 Å². The summed E-state index contributed by atoms with van der Waals surface area (Å²) in [7, 11) is 0. The summed E-state index contributed by atoms with van der Waals surface area (Å²) in [5, 5.41) is 14.5. The van der Waals surface area contributed by atoms with Gasteiger partial charge in [0, 0.05) is 60.0 Å². The van der Waals surface area contributed by atoms with Gasteiger partial charge < -0.3 is 31.7 Å². The number of nitrogens with zero attached hydrogens (tertiary/aromatic N) is 4. The fourth-order valence-electron chi connectivity index (χ4n) is 3.86. The van der Waals surface area contributed by atoms with Crippen LogP contribution >= 0.6 is 0 Å². The number of carbonyl (C=O) groups excluding carboxylic acids is 1. The van der Waals surface area contributed by atoms with Gasteiger partial charge in [-0.3, -0.25) is 4.98 Å². The van der Waals surface area contributed by atoms with Crippen molar-refractivity contribution in [3.63, 3.8) is 0 Å². The van der Waals surface area contributed by atoms with Crippen LogP contribution in [0.1, 0.15) is 17.7 Å². The number of benzene rings is 1. The summed E-state index contributed by atoms with van der Waals surface area (Å²) in [5.74, 6) is 0.656. The zero-order chi connectivity index (χ0) is 23.5. The lowest BCUT2D eigenvalue weighted by molar-refractivity contribution is 0.217. The van der Waals surface area contributed by atoms with Crippen molar-refractivity contribution in [3.8, 4) is 0 Å². The molecule has 4 heterocycles. The van der Waals surface area contributed by atoms with E-state index in [1.165, 1.54) is 12.5 Å². The van der Waals surface area contributed by atoms with Gasteiger partial charge >= 0.3 is 6.03 Å². The van der Waals surface area contributed by atoms with Gasteiger partial charge in [0.1, 0.15) is 17.8 Å². The third-order valence-electron chi connectivity index (χ3n) is 5.70. The second-order valence-electron chi connectivity index (χ2n) is 7.87. The van der Waals surface area contributed by atoms with Crippen LogP contribution in [0, 0.1) is 5.41 Å². The summed E-state index contributed by atoms with van der Waals surface area (Å²) in [4.78, 5) is 30.4. The maximum atomic E-state index is 12.5. The molecule has 170 valence electrons.